The Morgan fingerprint density at radius 2 is 2.10 bits per heavy atom. The molecule has 0 aliphatic rings. The second-order valence-corrected chi connectivity index (χ2v) is 5.36. The Morgan fingerprint density at radius 3 is 2.80 bits per heavy atom. The maximum atomic E-state index is 11.4. The molecule has 0 bridgehead atoms. The van der Waals surface area contributed by atoms with Crippen LogP contribution in [-0.2, 0) is 7.05 Å². The smallest absolute Gasteiger partial charge is 0.324 e. The van der Waals surface area contributed by atoms with Crippen molar-refractivity contribution in [1.29, 1.82) is 0 Å². The molecule has 0 amide bonds. The van der Waals surface area contributed by atoms with E-state index < -0.39 is 11.1 Å². The van der Waals surface area contributed by atoms with E-state index in [4.69, 9.17) is 5.73 Å². The Morgan fingerprint density at radius 1 is 1.40 bits per heavy atom. The van der Waals surface area contributed by atoms with Gasteiger partial charge < -0.3 is 5.73 Å². The summed E-state index contributed by atoms with van der Waals surface area (Å²) in [6.07, 6.45) is 0.815. The fourth-order valence-electron chi connectivity index (χ4n) is 1.75. The van der Waals surface area contributed by atoms with Gasteiger partial charge in [-0.05, 0) is 29.8 Å². The van der Waals surface area contributed by atoms with Gasteiger partial charge in [0.25, 0.3) is 0 Å². The van der Waals surface area contributed by atoms with Crippen LogP contribution in [0.25, 0.3) is 0 Å². The molecule has 0 spiro atoms. The molecule has 7 heteroatoms. The molecule has 0 fully saturated rings. The number of benzene rings is 1. The van der Waals surface area contributed by atoms with Crippen LogP contribution in [0.1, 0.15) is 24.9 Å². The summed E-state index contributed by atoms with van der Waals surface area (Å²) in [7, 11) is 1.64. The zero-order valence-electron chi connectivity index (χ0n) is 11.3. The summed E-state index contributed by atoms with van der Waals surface area (Å²) in [4.78, 5) is 27.2. The Bertz CT molecular complexity index is 723. The summed E-state index contributed by atoms with van der Waals surface area (Å²) in [5.74, 6) is 0. The molecule has 0 aliphatic carbocycles. The van der Waals surface area contributed by atoms with Crippen LogP contribution >= 0.6 is 11.8 Å². The van der Waals surface area contributed by atoms with Crippen molar-refractivity contribution in [2.75, 3.05) is 0 Å². The minimum Gasteiger partial charge on any atom is -0.324 e. The van der Waals surface area contributed by atoms with Crippen LogP contribution < -0.4 is 16.9 Å². The number of nitrogens with zero attached hydrogens (tertiary/aromatic N) is 2. The SMILES string of the molecule is CC[C@H](N)c1ccccc1Sc1nc(=O)c(=O)[nH]n1C. The molecule has 0 aliphatic heterocycles. The minimum absolute atomic E-state index is 0.0708. The molecule has 1 atom stereocenters. The molecule has 2 aromatic rings. The van der Waals surface area contributed by atoms with Crippen molar-refractivity contribution in [3.8, 4) is 0 Å². The number of H-pyrrole nitrogens is 1. The summed E-state index contributed by atoms with van der Waals surface area (Å²) < 4.78 is 1.43. The molecule has 1 heterocycles. The van der Waals surface area contributed by atoms with Gasteiger partial charge >= 0.3 is 11.1 Å². The van der Waals surface area contributed by atoms with Crippen LogP contribution in [0.5, 0.6) is 0 Å². The Hall–Kier alpha value is -1.86. The summed E-state index contributed by atoms with van der Waals surface area (Å²) in [5.41, 5.74) is 5.57. The first-order valence-electron chi connectivity index (χ1n) is 6.22. The van der Waals surface area contributed by atoms with Gasteiger partial charge in [-0.15, -0.1) is 0 Å². The van der Waals surface area contributed by atoms with Crippen molar-refractivity contribution >= 4 is 11.8 Å². The fraction of sp³-hybridized carbons (Fsp3) is 0.308. The number of aromatic nitrogens is 3. The fourth-order valence-corrected chi connectivity index (χ4v) is 2.74. The van der Waals surface area contributed by atoms with Gasteiger partial charge in [0, 0.05) is 18.0 Å². The summed E-state index contributed by atoms with van der Waals surface area (Å²) in [6.45, 7) is 2.01. The first-order chi connectivity index (χ1) is 9.52. The van der Waals surface area contributed by atoms with Crippen molar-refractivity contribution in [3.05, 3.63) is 50.5 Å². The molecular weight excluding hydrogens is 276 g/mol. The maximum absolute atomic E-state index is 11.4. The van der Waals surface area contributed by atoms with Crippen molar-refractivity contribution in [2.45, 2.75) is 29.4 Å². The zero-order chi connectivity index (χ0) is 14.7. The van der Waals surface area contributed by atoms with E-state index in [2.05, 4.69) is 10.1 Å². The minimum atomic E-state index is -0.789. The molecule has 106 valence electrons. The van der Waals surface area contributed by atoms with Crippen molar-refractivity contribution in [2.24, 2.45) is 12.8 Å². The van der Waals surface area contributed by atoms with E-state index in [-0.39, 0.29) is 6.04 Å². The molecule has 0 unspecified atom stereocenters. The highest BCUT2D eigenvalue weighted by atomic mass is 32.2. The van der Waals surface area contributed by atoms with E-state index in [9.17, 15) is 9.59 Å². The topological polar surface area (TPSA) is 93.8 Å². The van der Waals surface area contributed by atoms with Gasteiger partial charge in [0.1, 0.15) is 0 Å². The average molecular weight is 292 g/mol. The third-order valence-electron chi connectivity index (χ3n) is 2.91. The quantitative estimate of drug-likeness (QED) is 0.821. The van der Waals surface area contributed by atoms with Gasteiger partial charge in [-0.3, -0.25) is 19.4 Å². The van der Waals surface area contributed by atoms with Crippen LogP contribution in [0, 0.1) is 0 Å². The van der Waals surface area contributed by atoms with E-state index in [0.29, 0.717) is 5.16 Å². The van der Waals surface area contributed by atoms with Crippen LogP contribution in [0.15, 0.2) is 43.9 Å². The highest BCUT2D eigenvalue weighted by molar-refractivity contribution is 7.99. The molecule has 0 radical (unpaired) electrons. The molecule has 1 aromatic heterocycles. The third kappa shape index (κ3) is 3.00. The molecule has 2 rings (SSSR count). The highest BCUT2D eigenvalue weighted by Crippen LogP contribution is 2.31. The van der Waals surface area contributed by atoms with E-state index in [1.165, 1.54) is 16.4 Å². The highest BCUT2D eigenvalue weighted by Gasteiger charge is 2.12. The molecule has 0 saturated carbocycles. The third-order valence-corrected chi connectivity index (χ3v) is 4.05. The predicted octanol–water partition coefficient (Wildman–Crippen LogP) is 1.03. The molecule has 20 heavy (non-hydrogen) atoms. The maximum Gasteiger partial charge on any atom is 0.339 e. The van der Waals surface area contributed by atoms with Crippen LogP contribution in [-0.4, -0.2) is 14.8 Å². The van der Waals surface area contributed by atoms with Gasteiger partial charge in [-0.25, -0.2) is 0 Å². The first-order valence-corrected chi connectivity index (χ1v) is 7.04. The lowest BCUT2D eigenvalue weighted by Gasteiger charge is -2.14. The number of nitrogens with two attached hydrogens (primary N) is 1. The largest absolute Gasteiger partial charge is 0.339 e. The number of aromatic amines is 1. The van der Waals surface area contributed by atoms with Crippen molar-refractivity contribution in [1.82, 2.24) is 14.8 Å². The number of hydrogen-bond donors (Lipinski definition) is 2. The van der Waals surface area contributed by atoms with Crippen molar-refractivity contribution < 1.29 is 0 Å². The normalized spacial score (nSPS) is 12.3. The zero-order valence-corrected chi connectivity index (χ0v) is 12.1. The number of nitrogens with one attached hydrogen (secondary N) is 1. The van der Waals surface area contributed by atoms with Crippen LogP contribution in [0.2, 0.25) is 0 Å². The first kappa shape index (κ1) is 14.5. The van der Waals surface area contributed by atoms with E-state index in [1.54, 1.807) is 7.05 Å². The second kappa shape index (κ2) is 6.06. The molecule has 6 nitrogen and oxygen atoms in total. The number of aryl methyl sites for hydroxylation is 1. The van der Waals surface area contributed by atoms with Gasteiger partial charge in [-0.1, -0.05) is 25.1 Å². The lowest BCUT2D eigenvalue weighted by molar-refractivity contribution is 0.596. The van der Waals surface area contributed by atoms with E-state index in [1.807, 2.05) is 31.2 Å². The van der Waals surface area contributed by atoms with Gasteiger partial charge in [0.15, 0.2) is 5.16 Å². The van der Waals surface area contributed by atoms with E-state index >= 15 is 0 Å². The second-order valence-electron chi connectivity index (χ2n) is 4.35. The number of hydrogen-bond acceptors (Lipinski definition) is 5. The number of rotatable bonds is 4. The van der Waals surface area contributed by atoms with Crippen LogP contribution in [0.3, 0.4) is 0 Å². The Kier molecular flexibility index (Phi) is 4.41. The molecule has 1 aromatic carbocycles. The monoisotopic (exact) mass is 292 g/mol. The lowest BCUT2D eigenvalue weighted by Crippen LogP contribution is -2.33. The Labute approximate surface area is 120 Å². The Balaban J connectivity index is 2.43. The molecule has 0 saturated heterocycles. The summed E-state index contributed by atoms with van der Waals surface area (Å²) in [6, 6.07) is 7.64. The standard InChI is InChI=1S/C13H16N4O2S/c1-3-9(14)8-6-4-5-7-10(8)20-13-15-11(18)12(19)16-17(13)2/h4-7,9H,3,14H2,1-2H3,(H,16,19)/t9-/m0/s1. The van der Waals surface area contributed by atoms with Crippen LogP contribution in [0.4, 0.5) is 0 Å². The summed E-state index contributed by atoms with van der Waals surface area (Å²) in [5, 5.41) is 2.85. The van der Waals surface area contributed by atoms with E-state index in [0.717, 1.165) is 16.9 Å². The molecular formula is C13H16N4O2S. The van der Waals surface area contributed by atoms with Crippen molar-refractivity contribution in [3.63, 3.8) is 0 Å². The predicted molar refractivity (Wildman–Crippen MR) is 77.9 cm³/mol. The van der Waals surface area contributed by atoms with Gasteiger partial charge in [-0.2, -0.15) is 4.98 Å². The van der Waals surface area contributed by atoms with Gasteiger partial charge in [0.2, 0.25) is 0 Å². The lowest BCUT2D eigenvalue weighted by atomic mass is 10.1. The summed E-state index contributed by atoms with van der Waals surface area (Å²) >= 11 is 1.31. The molecule has 3 N–H and O–H groups in total. The average Bonchev–Trinajstić information content (AvgIpc) is 2.44. The van der Waals surface area contributed by atoms with Gasteiger partial charge in [0.05, 0.1) is 0 Å².